The Morgan fingerprint density at radius 3 is 2.52 bits per heavy atom. The van der Waals surface area contributed by atoms with Gasteiger partial charge in [-0.3, -0.25) is 0 Å². The van der Waals surface area contributed by atoms with Crippen LogP contribution in [0.1, 0.15) is 25.7 Å². The minimum Gasteiger partial charge on any atom is -0.399 e. The van der Waals surface area contributed by atoms with Crippen molar-refractivity contribution in [3.8, 4) is 0 Å². The van der Waals surface area contributed by atoms with Gasteiger partial charge in [0.25, 0.3) is 0 Å². The van der Waals surface area contributed by atoms with Crippen LogP contribution in [0.15, 0.2) is 23.1 Å². The molecule has 0 saturated heterocycles. The van der Waals surface area contributed by atoms with Crippen LogP contribution >= 0.6 is 0 Å². The van der Waals surface area contributed by atoms with Crippen molar-refractivity contribution in [1.29, 1.82) is 0 Å². The highest BCUT2D eigenvalue weighted by Gasteiger charge is 2.25. The van der Waals surface area contributed by atoms with E-state index in [4.69, 9.17) is 10.9 Å². The summed E-state index contributed by atoms with van der Waals surface area (Å²) in [6, 6.07) is 4.63. The lowest BCUT2D eigenvalue weighted by Gasteiger charge is -2.30. The van der Waals surface area contributed by atoms with Crippen LogP contribution in [0.2, 0.25) is 0 Å². The first-order valence-electron chi connectivity index (χ1n) is 7.19. The first-order chi connectivity index (χ1) is 9.91. The van der Waals surface area contributed by atoms with Crippen LogP contribution in [-0.2, 0) is 10.0 Å². The Kier molecular flexibility index (Phi) is 5.08. The summed E-state index contributed by atoms with van der Waals surface area (Å²) >= 11 is 0. The quantitative estimate of drug-likeness (QED) is 0.608. The molecule has 6 nitrogen and oxygen atoms in total. The highest BCUT2D eigenvalue weighted by molar-refractivity contribution is 7.89. The molecule has 1 aromatic rings. The van der Waals surface area contributed by atoms with Crippen LogP contribution in [-0.4, -0.2) is 26.7 Å². The van der Waals surface area contributed by atoms with Gasteiger partial charge in [-0.2, -0.15) is 0 Å². The van der Waals surface area contributed by atoms with Gasteiger partial charge in [-0.05, 0) is 42.9 Å². The summed E-state index contributed by atoms with van der Waals surface area (Å²) in [5.41, 5.74) is 6.45. The molecule has 0 heterocycles. The summed E-state index contributed by atoms with van der Waals surface area (Å²) in [7, 11) is -3.82. The van der Waals surface area contributed by atoms with Crippen LogP contribution in [0, 0.1) is 11.8 Å². The molecule has 1 aromatic carbocycles. The van der Waals surface area contributed by atoms with E-state index >= 15 is 0 Å². The number of nitrogen functional groups attached to an aromatic ring is 1. The lowest BCUT2D eigenvalue weighted by molar-refractivity contribution is 0.141. The third-order valence-corrected chi connectivity index (χ3v) is 5.12. The third kappa shape index (κ3) is 4.09. The van der Waals surface area contributed by atoms with Gasteiger partial charge in [-0.25, -0.2) is 13.6 Å². The topological polar surface area (TPSA) is 118 Å². The van der Waals surface area contributed by atoms with Crippen molar-refractivity contribution in [2.75, 3.05) is 24.2 Å². The van der Waals surface area contributed by atoms with Crippen LogP contribution < -0.4 is 16.2 Å². The molecule has 2 atom stereocenters. The lowest BCUT2D eigenvalue weighted by atomic mass is 9.79. The highest BCUT2D eigenvalue weighted by atomic mass is 32.2. The summed E-state index contributed by atoms with van der Waals surface area (Å²) in [4.78, 5) is 0.0128. The fraction of sp³-hybridized carbons (Fsp3) is 0.571. The summed E-state index contributed by atoms with van der Waals surface area (Å²) in [5, 5.41) is 17.8. The Bertz CT molecular complexity index is 589. The molecule has 0 aliphatic heterocycles. The van der Waals surface area contributed by atoms with E-state index in [-0.39, 0.29) is 17.4 Å². The first-order valence-corrected chi connectivity index (χ1v) is 8.73. The van der Waals surface area contributed by atoms with Gasteiger partial charge < -0.3 is 16.2 Å². The average molecular weight is 313 g/mol. The van der Waals surface area contributed by atoms with E-state index in [0.717, 1.165) is 25.7 Å². The molecule has 0 spiro atoms. The molecular weight excluding hydrogens is 290 g/mol. The summed E-state index contributed by atoms with van der Waals surface area (Å²) in [5.74, 6) is 0.618. The normalized spacial score (nSPS) is 23.0. The maximum Gasteiger partial charge on any atom is 0.240 e. The molecule has 7 heteroatoms. The number of hydrogen-bond acceptors (Lipinski definition) is 5. The summed E-state index contributed by atoms with van der Waals surface area (Å²) in [6.45, 7) is 0.799. The van der Waals surface area contributed by atoms with Gasteiger partial charge in [0.15, 0.2) is 0 Å². The maximum absolute atomic E-state index is 11.6. The monoisotopic (exact) mass is 313 g/mol. The number of hydrogen-bond donors (Lipinski definition) is 4. The van der Waals surface area contributed by atoms with Crippen LogP contribution in [0.4, 0.5) is 11.4 Å². The van der Waals surface area contributed by atoms with Crippen molar-refractivity contribution in [2.45, 2.75) is 30.6 Å². The van der Waals surface area contributed by atoms with Crippen LogP contribution in [0.3, 0.4) is 0 Å². The zero-order valence-electron chi connectivity index (χ0n) is 12.0. The minimum absolute atomic E-state index is 0.0128. The number of aliphatic hydroxyl groups excluding tert-OH is 1. The summed E-state index contributed by atoms with van der Waals surface area (Å²) in [6.07, 6.45) is 4.35. The number of nitrogens with two attached hydrogens (primary N) is 2. The fourth-order valence-corrected chi connectivity index (χ4v) is 3.70. The Morgan fingerprint density at radius 2 is 1.90 bits per heavy atom. The second-order valence-electron chi connectivity index (χ2n) is 5.67. The number of aliphatic hydroxyl groups is 1. The molecule has 0 radical (unpaired) electrons. The van der Waals surface area contributed by atoms with E-state index in [2.05, 4.69) is 5.32 Å². The Balaban J connectivity index is 2.13. The van der Waals surface area contributed by atoms with E-state index in [1.165, 1.54) is 6.07 Å². The predicted molar refractivity (Wildman–Crippen MR) is 83.3 cm³/mol. The third-order valence-electron chi connectivity index (χ3n) is 4.17. The van der Waals surface area contributed by atoms with Crippen LogP contribution in [0.5, 0.6) is 0 Å². The van der Waals surface area contributed by atoms with Gasteiger partial charge in [0.05, 0.1) is 5.69 Å². The van der Waals surface area contributed by atoms with E-state index in [1.54, 1.807) is 12.1 Å². The molecule has 2 rings (SSSR count). The van der Waals surface area contributed by atoms with Crippen molar-refractivity contribution in [3.05, 3.63) is 18.2 Å². The fourth-order valence-electron chi connectivity index (χ4n) is 2.95. The van der Waals surface area contributed by atoms with Gasteiger partial charge in [-0.1, -0.05) is 12.8 Å². The number of nitrogens with one attached hydrogen (secondary N) is 1. The Labute approximate surface area is 125 Å². The van der Waals surface area contributed by atoms with Crippen LogP contribution in [0.25, 0.3) is 0 Å². The van der Waals surface area contributed by atoms with Gasteiger partial charge >= 0.3 is 0 Å². The second-order valence-corrected chi connectivity index (χ2v) is 7.20. The zero-order chi connectivity index (χ0) is 15.5. The van der Waals surface area contributed by atoms with Crippen molar-refractivity contribution >= 4 is 21.4 Å². The molecular formula is C14H23N3O3S. The highest BCUT2D eigenvalue weighted by Crippen LogP contribution is 2.31. The molecule has 1 fully saturated rings. The minimum atomic E-state index is -3.82. The molecule has 1 aliphatic rings. The number of sulfonamides is 1. The lowest BCUT2D eigenvalue weighted by Crippen LogP contribution is -2.29. The van der Waals surface area contributed by atoms with Crippen molar-refractivity contribution in [1.82, 2.24) is 0 Å². The maximum atomic E-state index is 11.6. The zero-order valence-corrected chi connectivity index (χ0v) is 12.8. The standard InChI is InChI=1S/C14H23N3O3S/c15-12-5-6-13(14(7-12)21(16,19)20)17-8-10-3-1-2-4-11(10)9-18/h5-7,10-11,17-18H,1-4,8-9,15H2,(H2,16,19,20). The van der Waals surface area contributed by atoms with Crippen molar-refractivity contribution < 1.29 is 13.5 Å². The van der Waals surface area contributed by atoms with E-state index < -0.39 is 10.0 Å². The number of primary sulfonamides is 1. The van der Waals surface area contributed by atoms with Crippen molar-refractivity contribution in [3.63, 3.8) is 0 Å². The molecule has 2 unspecified atom stereocenters. The molecule has 1 aliphatic carbocycles. The molecule has 21 heavy (non-hydrogen) atoms. The SMILES string of the molecule is Nc1ccc(NCC2CCCCC2CO)c(S(N)(=O)=O)c1. The molecule has 6 N–H and O–H groups in total. The van der Waals surface area contributed by atoms with Gasteiger partial charge in [-0.15, -0.1) is 0 Å². The van der Waals surface area contributed by atoms with Gasteiger partial charge in [0.1, 0.15) is 4.90 Å². The molecule has 0 bridgehead atoms. The number of anilines is 2. The Hall–Kier alpha value is -1.31. The largest absolute Gasteiger partial charge is 0.399 e. The average Bonchev–Trinajstić information content (AvgIpc) is 2.45. The van der Waals surface area contributed by atoms with E-state index in [0.29, 0.717) is 23.8 Å². The first kappa shape index (κ1) is 16.1. The van der Waals surface area contributed by atoms with Gasteiger partial charge in [0.2, 0.25) is 10.0 Å². The summed E-state index contributed by atoms with van der Waals surface area (Å²) < 4.78 is 23.2. The number of rotatable bonds is 5. The van der Waals surface area contributed by atoms with Gasteiger partial charge in [0, 0.05) is 18.8 Å². The molecule has 0 amide bonds. The number of benzene rings is 1. The van der Waals surface area contributed by atoms with E-state index in [1.807, 2.05) is 0 Å². The van der Waals surface area contributed by atoms with Crippen molar-refractivity contribution in [2.24, 2.45) is 17.0 Å². The second kappa shape index (κ2) is 6.64. The molecule has 0 aromatic heterocycles. The molecule has 118 valence electrons. The molecule has 1 saturated carbocycles. The Morgan fingerprint density at radius 1 is 1.24 bits per heavy atom. The predicted octanol–water partition coefficient (Wildman–Crippen LogP) is 1.13. The van der Waals surface area contributed by atoms with E-state index in [9.17, 15) is 13.5 Å². The smallest absolute Gasteiger partial charge is 0.240 e.